The normalized spacial score (nSPS) is 15.6. The SMILES string of the molecule is Fc1cc(NC2COC2)ccc1-n1cncn1. The summed E-state index contributed by atoms with van der Waals surface area (Å²) in [5.74, 6) is -0.333. The summed E-state index contributed by atoms with van der Waals surface area (Å²) in [6.45, 7) is 1.35. The Bertz CT molecular complexity index is 510. The van der Waals surface area contributed by atoms with Gasteiger partial charge in [-0.15, -0.1) is 0 Å². The number of anilines is 1. The van der Waals surface area contributed by atoms with Gasteiger partial charge < -0.3 is 10.1 Å². The summed E-state index contributed by atoms with van der Waals surface area (Å²) in [7, 11) is 0. The monoisotopic (exact) mass is 234 g/mol. The summed E-state index contributed by atoms with van der Waals surface area (Å²) in [6, 6.07) is 5.23. The van der Waals surface area contributed by atoms with Crippen LogP contribution in [0.15, 0.2) is 30.9 Å². The van der Waals surface area contributed by atoms with E-state index in [1.165, 1.54) is 23.4 Å². The fraction of sp³-hybridized carbons (Fsp3) is 0.273. The Morgan fingerprint density at radius 3 is 2.88 bits per heavy atom. The van der Waals surface area contributed by atoms with Crippen molar-refractivity contribution in [3.05, 3.63) is 36.7 Å². The Morgan fingerprint density at radius 1 is 1.41 bits per heavy atom. The third-order valence-electron chi connectivity index (χ3n) is 2.62. The average Bonchev–Trinajstić information content (AvgIpc) is 2.77. The first-order valence-electron chi connectivity index (χ1n) is 5.32. The molecule has 1 N–H and O–H groups in total. The summed E-state index contributed by atoms with van der Waals surface area (Å²) in [6.07, 6.45) is 2.84. The van der Waals surface area contributed by atoms with E-state index in [1.54, 1.807) is 6.07 Å². The molecule has 17 heavy (non-hydrogen) atoms. The van der Waals surface area contributed by atoms with Crippen molar-refractivity contribution in [1.82, 2.24) is 14.8 Å². The maximum absolute atomic E-state index is 13.8. The zero-order valence-corrected chi connectivity index (χ0v) is 9.01. The molecule has 0 aliphatic carbocycles. The summed E-state index contributed by atoms with van der Waals surface area (Å²) in [4.78, 5) is 3.79. The first-order chi connectivity index (χ1) is 8.33. The molecule has 5 nitrogen and oxygen atoms in total. The fourth-order valence-corrected chi connectivity index (χ4v) is 1.67. The molecule has 1 aliphatic heterocycles. The van der Waals surface area contributed by atoms with Crippen LogP contribution in [0, 0.1) is 5.82 Å². The molecule has 0 spiro atoms. The van der Waals surface area contributed by atoms with Crippen LogP contribution in [0.1, 0.15) is 0 Å². The van der Waals surface area contributed by atoms with Crippen LogP contribution in [0.25, 0.3) is 5.69 Å². The van der Waals surface area contributed by atoms with E-state index in [0.717, 1.165) is 5.69 Å². The van der Waals surface area contributed by atoms with Crippen molar-refractivity contribution in [2.75, 3.05) is 18.5 Å². The number of rotatable bonds is 3. The van der Waals surface area contributed by atoms with Gasteiger partial charge in [0.05, 0.1) is 19.3 Å². The van der Waals surface area contributed by atoms with E-state index in [9.17, 15) is 4.39 Å². The number of halogens is 1. The molecular formula is C11H11FN4O. The van der Waals surface area contributed by atoms with E-state index >= 15 is 0 Å². The molecule has 1 aromatic carbocycles. The second-order valence-electron chi connectivity index (χ2n) is 3.88. The van der Waals surface area contributed by atoms with E-state index in [2.05, 4.69) is 15.4 Å². The molecule has 6 heteroatoms. The molecular weight excluding hydrogens is 223 g/mol. The highest BCUT2D eigenvalue weighted by Crippen LogP contribution is 2.19. The van der Waals surface area contributed by atoms with Gasteiger partial charge in [-0.2, -0.15) is 5.10 Å². The van der Waals surface area contributed by atoms with Crippen LogP contribution in [0.5, 0.6) is 0 Å². The molecule has 0 atom stereocenters. The molecule has 1 aliphatic rings. The van der Waals surface area contributed by atoms with Gasteiger partial charge >= 0.3 is 0 Å². The van der Waals surface area contributed by atoms with Gasteiger partial charge in [0.25, 0.3) is 0 Å². The van der Waals surface area contributed by atoms with Crippen LogP contribution in [0.4, 0.5) is 10.1 Å². The Labute approximate surface area is 97.2 Å². The van der Waals surface area contributed by atoms with E-state index in [1.807, 2.05) is 6.07 Å². The molecule has 1 aromatic heterocycles. The number of benzene rings is 1. The van der Waals surface area contributed by atoms with Crippen molar-refractivity contribution in [2.45, 2.75) is 6.04 Å². The number of nitrogens with one attached hydrogen (secondary N) is 1. The first kappa shape index (κ1) is 10.2. The highest BCUT2D eigenvalue weighted by Gasteiger charge is 2.18. The van der Waals surface area contributed by atoms with Crippen LogP contribution < -0.4 is 5.32 Å². The Balaban J connectivity index is 1.83. The number of nitrogens with zero attached hydrogens (tertiary/aromatic N) is 3. The third-order valence-corrected chi connectivity index (χ3v) is 2.62. The van der Waals surface area contributed by atoms with Crippen LogP contribution in [0.3, 0.4) is 0 Å². The third kappa shape index (κ3) is 1.99. The fourth-order valence-electron chi connectivity index (χ4n) is 1.67. The van der Waals surface area contributed by atoms with Crippen molar-refractivity contribution >= 4 is 5.69 Å². The lowest BCUT2D eigenvalue weighted by atomic mass is 10.2. The van der Waals surface area contributed by atoms with Gasteiger partial charge in [0.2, 0.25) is 0 Å². The number of aromatic nitrogens is 3. The van der Waals surface area contributed by atoms with Crippen molar-refractivity contribution in [2.24, 2.45) is 0 Å². The van der Waals surface area contributed by atoms with Gasteiger partial charge in [0.1, 0.15) is 18.3 Å². The summed E-state index contributed by atoms with van der Waals surface area (Å²) >= 11 is 0. The summed E-state index contributed by atoms with van der Waals surface area (Å²) < 4.78 is 20.3. The Hall–Kier alpha value is -1.95. The average molecular weight is 234 g/mol. The van der Waals surface area contributed by atoms with Crippen LogP contribution in [0.2, 0.25) is 0 Å². The topological polar surface area (TPSA) is 52.0 Å². The second kappa shape index (κ2) is 4.14. The lowest BCUT2D eigenvalue weighted by molar-refractivity contribution is 0.0211. The molecule has 0 bridgehead atoms. The summed E-state index contributed by atoms with van der Waals surface area (Å²) in [5, 5.41) is 7.07. The molecule has 1 saturated heterocycles. The van der Waals surface area contributed by atoms with E-state index in [0.29, 0.717) is 18.9 Å². The lowest BCUT2D eigenvalue weighted by Gasteiger charge is -2.27. The van der Waals surface area contributed by atoms with Crippen molar-refractivity contribution in [1.29, 1.82) is 0 Å². The minimum absolute atomic E-state index is 0.284. The molecule has 88 valence electrons. The van der Waals surface area contributed by atoms with E-state index < -0.39 is 0 Å². The maximum atomic E-state index is 13.8. The Morgan fingerprint density at radius 2 is 2.29 bits per heavy atom. The largest absolute Gasteiger partial charge is 0.378 e. The van der Waals surface area contributed by atoms with Gasteiger partial charge in [-0.25, -0.2) is 14.1 Å². The maximum Gasteiger partial charge on any atom is 0.150 e. The highest BCUT2D eigenvalue weighted by atomic mass is 19.1. The number of hydrogen-bond donors (Lipinski definition) is 1. The molecule has 0 radical (unpaired) electrons. The molecule has 1 fully saturated rings. The minimum Gasteiger partial charge on any atom is -0.378 e. The zero-order chi connectivity index (χ0) is 11.7. The molecule has 0 saturated carbocycles. The molecule has 3 rings (SSSR count). The zero-order valence-electron chi connectivity index (χ0n) is 9.01. The van der Waals surface area contributed by atoms with Gasteiger partial charge in [-0.3, -0.25) is 0 Å². The van der Waals surface area contributed by atoms with E-state index in [-0.39, 0.29) is 11.9 Å². The lowest BCUT2D eigenvalue weighted by Crippen LogP contribution is -2.40. The predicted molar refractivity (Wildman–Crippen MR) is 59.5 cm³/mol. The van der Waals surface area contributed by atoms with Gasteiger partial charge in [-0.1, -0.05) is 0 Å². The summed E-state index contributed by atoms with van der Waals surface area (Å²) in [5.41, 5.74) is 1.14. The van der Waals surface area contributed by atoms with Gasteiger partial charge in [0, 0.05) is 5.69 Å². The number of hydrogen-bond acceptors (Lipinski definition) is 4. The molecule has 0 amide bonds. The van der Waals surface area contributed by atoms with Gasteiger partial charge in [-0.05, 0) is 18.2 Å². The molecule has 0 unspecified atom stereocenters. The van der Waals surface area contributed by atoms with Crippen molar-refractivity contribution < 1.29 is 9.13 Å². The number of ether oxygens (including phenoxy) is 1. The first-order valence-corrected chi connectivity index (χ1v) is 5.32. The standard InChI is InChI=1S/C11H11FN4O/c12-10-3-8(15-9-4-17-5-9)1-2-11(10)16-7-13-6-14-16/h1-3,6-7,9,15H,4-5H2. The molecule has 2 heterocycles. The quantitative estimate of drug-likeness (QED) is 0.867. The van der Waals surface area contributed by atoms with Gasteiger partial charge in [0.15, 0.2) is 5.82 Å². The van der Waals surface area contributed by atoms with Crippen LogP contribution >= 0.6 is 0 Å². The smallest absolute Gasteiger partial charge is 0.150 e. The Kier molecular flexibility index (Phi) is 2.49. The van der Waals surface area contributed by atoms with Crippen LogP contribution in [-0.4, -0.2) is 34.0 Å². The highest BCUT2D eigenvalue weighted by molar-refractivity contribution is 5.50. The molecule has 2 aromatic rings. The van der Waals surface area contributed by atoms with E-state index in [4.69, 9.17) is 4.74 Å². The second-order valence-corrected chi connectivity index (χ2v) is 3.88. The van der Waals surface area contributed by atoms with Crippen molar-refractivity contribution in [3.63, 3.8) is 0 Å². The minimum atomic E-state index is -0.333. The van der Waals surface area contributed by atoms with Crippen molar-refractivity contribution in [3.8, 4) is 5.69 Å². The van der Waals surface area contributed by atoms with Crippen LogP contribution in [-0.2, 0) is 4.74 Å². The predicted octanol–water partition coefficient (Wildman–Crippen LogP) is 1.22.